The molecule has 8 heteroatoms. The van der Waals surface area contributed by atoms with E-state index in [1.807, 2.05) is 0 Å². The summed E-state index contributed by atoms with van der Waals surface area (Å²) in [5, 5.41) is 1.33. The van der Waals surface area contributed by atoms with Crippen LogP contribution in [0.1, 0.15) is 24.9 Å². The molecule has 0 aromatic heterocycles. The van der Waals surface area contributed by atoms with Gasteiger partial charge in [0, 0.05) is 12.2 Å². The number of amidine groups is 1. The molecule has 1 unspecified atom stereocenters. The lowest BCUT2D eigenvalue weighted by Gasteiger charge is -2.39. The van der Waals surface area contributed by atoms with E-state index in [-0.39, 0.29) is 12.5 Å². The minimum absolute atomic E-state index is 0.0724. The molecule has 0 N–H and O–H groups in total. The van der Waals surface area contributed by atoms with E-state index in [2.05, 4.69) is 11.6 Å². The van der Waals surface area contributed by atoms with Gasteiger partial charge in [0.05, 0.1) is 27.4 Å². The number of rotatable bonds is 4. The van der Waals surface area contributed by atoms with Gasteiger partial charge in [-0.25, -0.2) is 9.79 Å². The Balaban J connectivity index is 2.14. The number of benzene rings is 1. The number of hydrogen-bond donors (Lipinski definition) is 0. The maximum atomic E-state index is 12.7. The van der Waals surface area contributed by atoms with Crippen LogP contribution in [0.3, 0.4) is 0 Å². The smallest absolute Gasteiger partial charge is 0.338 e. The summed E-state index contributed by atoms with van der Waals surface area (Å²) >= 11 is 13.7. The zero-order chi connectivity index (χ0) is 18.8. The molecule has 1 atom stereocenters. The SMILES string of the molecule is C=CCOC(=O)C1=C(C)N=C2SCCC(=O)N2C1c1ccc(Cl)c(Cl)c1. The van der Waals surface area contributed by atoms with Crippen molar-refractivity contribution in [1.29, 1.82) is 0 Å². The third-order valence-electron chi connectivity index (χ3n) is 4.02. The first-order chi connectivity index (χ1) is 12.4. The van der Waals surface area contributed by atoms with E-state index in [4.69, 9.17) is 27.9 Å². The maximum absolute atomic E-state index is 12.7. The Morgan fingerprint density at radius 2 is 2.23 bits per heavy atom. The number of nitrogens with zero attached hydrogens (tertiary/aromatic N) is 2. The van der Waals surface area contributed by atoms with Crippen LogP contribution in [0, 0.1) is 0 Å². The summed E-state index contributed by atoms with van der Waals surface area (Å²) in [5.41, 5.74) is 1.50. The molecule has 0 bridgehead atoms. The molecule has 1 saturated heterocycles. The fourth-order valence-electron chi connectivity index (χ4n) is 2.87. The molecule has 1 fully saturated rings. The first kappa shape index (κ1) is 19.0. The van der Waals surface area contributed by atoms with Gasteiger partial charge in [-0.1, -0.05) is 53.7 Å². The Morgan fingerprint density at radius 3 is 2.92 bits per heavy atom. The molecular weight excluding hydrogens is 395 g/mol. The molecule has 3 rings (SSSR count). The third kappa shape index (κ3) is 3.54. The lowest BCUT2D eigenvalue weighted by atomic mass is 9.94. The van der Waals surface area contributed by atoms with Gasteiger partial charge in [-0.05, 0) is 24.6 Å². The van der Waals surface area contributed by atoms with E-state index in [1.54, 1.807) is 30.0 Å². The number of allylic oxidation sites excluding steroid dienone is 1. The van der Waals surface area contributed by atoms with Crippen LogP contribution < -0.4 is 0 Å². The molecule has 2 aliphatic heterocycles. The van der Waals surface area contributed by atoms with Gasteiger partial charge in [0.25, 0.3) is 0 Å². The molecule has 26 heavy (non-hydrogen) atoms. The fraction of sp³-hybridized carbons (Fsp3) is 0.278. The number of halogens is 2. The highest BCUT2D eigenvalue weighted by molar-refractivity contribution is 8.14. The molecule has 2 heterocycles. The number of ether oxygens (including phenoxy) is 1. The molecule has 0 aliphatic carbocycles. The Labute approximate surface area is 165 Å². The van der Waals surface area contributed by atoms with Gasteiger partial charge >= 0.3 is 5.97 Å². The average molecular weight is 411 g/mol. The van der Waals surface area contributed by atoms with Gasteiger partial charge in [-0.3, -0.25) is 9.69 Å². The third-order valence-corrected chi connectivity index (χ3v) is 5.71. The van der Waals surface area contributed by atoms with Crippen LogP contribution in [-0.4, -0.2) is 34.3 Å². The van der Waals surface area contributed by atoms with Crippen LogP contribution in [0.15, 0.2) is 47.1 Å². The highest BCUT2D eigenvalue weighted by Crippen LogP contribution is 2.41. The van der Waals surface area contributed by atoms with E-state index in [1.165, 1.54) is 17.8 Å². The average Bonchev–Trinajstić information content (AvgIpc) is 2.61. The molecule has 1 aromatic rings. The number of thioether (sulfide) groups is 1. The molecule has 0 radical (unpaired) electrons. The molecule has 0 spiro atoms. The first-order valence-corrected chi connectivity index (χ1v) is 9.65. The monoisotopic (exact) mass is 410 g/mol. The highest BCUT2D eigenvalue weighted by atomic mass is 35.5. The van der Waals surface area contributed by atoms with Crippen molar-refractivity contribution in [3.05, 3.63) is 57.7 Å². The van der Waals surface area contributed by atoms with Crippen molar-refractivity contribution in [2.75, 3.05) is 12.4 Å². The summed E-state index contributed by atoms with van der Waals surface area (Å²) in [6.45, 7) is 5.36. The van der Waals surface area contributed by atoms with Crippen molar-refractivity contribution in [3.8, 4) is 0 Å². The predicted octanol–water partition coefficient (Wildman–Crippen LogP) is 4.37. The van der Waals surface area contributed by atoms with Crippen LogP contribution in [0.2, 0.25) is 10.0 Å². The summed E-state index contributed by atoms with van der Waals surface area (Å²) < 4.78 is 5.23. The summed E-state index contributed by atoms with van der Waals surface area (Å²) in [6, 6.07) is 4.41. The van der Waals surface area contributed by atoms with Gasteiger partial charge in [0.1, 0.15) is 6.61 Å². The van der Waals surface area contributed by atoms with E-state index < -0.39 is 12.0 Å². The van der Waals surface area contributed by atoms with E-state index in [9.17, 15) is 9.59 Å². The van der Waals surface area contributed by atoms with Gasteiger partial charge in [0.15, 0.2) is 5.17 Å². The summed E-state index contributed by atoms with van der Waals surface area (Å²) in [4.78, 5) is 31.3. The van der Waals surface area contributed by atoms with Crippen LogP contribution in [0.25, 0.3) is 0 Å². The Morgan fingerprint density at radius 1 is 1.46 bits per heavy atom. The van der Waals surface area contributed by atoms with Gasteiger partial charge in [0.2, 0.25) is 5.91 Å². The Hall–Kier alpha value is -1.76. The lowest BCUT2D eigenvalue weighted by molar-refractivity contribution is -0.139. The van der Waals surface area contributed by atoms with E-state index in [0.717, 1.165) is 0 Å². The van der Waals surface area contributed by atoms with Gasteiger partial charge in [-0.2, -0.15) is 0 Å². The van der Waals surface area contributed by atoms with Crippen molar-refractivity contribution in [1.82, 2.24) is 4.90 Å². The number of amides is 1. The number of aliphatic imine (C=N–C) groups is 1. The predicted molar refractivity (Wildman–Crippen MR) is 104 cm³/mol. The standard InChI is InChI=1S/C18H16Cl2N2O3S/c1-3-7-25-17(24)15-10(2)21-18-22(14(23)6-8-26-18)16(15)11-4-5-12(19)13(20)9-11/h3-5,9,16H,1,6-8H2,2H3. The van der Waals surface area contributed by atoms with E-state index in [0.29, 0.717) is 44.2 Å². The van der Waals surface area contributed by atoms with Crippen LogP contribution in [-0.2, 0) is 14.3 Å². The number of hydrogen-bond acceptors (Lipinski definition) is 5. The maximum Gasteiger partial charge on any atom is 0.338 e. The van der Waals surface area contributed by atoms with Crippen molar-refractivity contribution in [2.24, 2.45) is 4.99 Å². The number of fused-ring (bicyclic) bond motifs is 1. The number of carbonyl (C=O) groups excluding carboxylic acids is 2. The van der Waals surface area contributed by atoms with Gasteiger partial charge in [-0.15, -0.1) is 0 Å². The van der Waals surface area contributed by atoms with Crippen molar-refractivity contribution < 1.29 is 14.3 Å². The molecule has 5 nitrogen and oxygen atoms in total. The lowest BCUT2D eigenvalue weighted by Crippen LogP contribution is -2.45. The summed E-state index contributed by atoms with van der Waals surface area (Å²) in [6.07, 6.45) is 1.86. The zero-order valence-corrected chi connectivity index (χ0v) is 16.3. The second-order valence-electron chi connectivity index (χ2n) is 5.72. The topological polar surface area (TPSA) is 59.0 Å². The second kappa shape index (κ2) is 7.86. The molecule has 1 amide bonds. The fourth-order valence-corrected chi connectivity index (χ4v) is 4.18. The summed E-state index contributed by atoms with van der Waals surface area (Å²) in [5.74, 6) is 0.0240. The minimum Gasteiger partial charge on any atom is -0.458 e. The molecule has 1 aromatic carbocycles. The summed E-state index contributed by atoms with van der Waals surface area (Å²) in [7, 11) is 0. The molecular formula is C18H16Cl2N2O3S. The van der Waals surface area contributed by atoms with Crippen molar-refractivity contribution in [3.63, 3.8) is 0 Å². The quantitative estimate of drug-likeness (QED) is 0.545. The van der Waals surface area contributed by atoms with Crippen molar-refractivity contribution in [2.45, 2.75) is 19.4 Å². The normalized spacial score (nSPS) is 19.8. The van der Waals surface area contributed by atoms with Crippen LogP contribution >= 0.6 is 35.0 Å². The van der Waals surface area contributed by atoms with Crippen LogP contribution in [0.4, 0.5) is 0 Å². The Bertz CT molecular complexity index is 851. The van der Waals surface area contributed by atoms with E-state index >= 15 is 0 Å². The van der Waals surface area contributed by atoms with Crippen molar-refractivity contribution >= 4 is 52.0 Å². The highest BCUT2D eigenvalue weighted by Gasteiger charge is 2.41. The molecule has 136 valence electrons. The first-order valence-electron chi connectivity index (χ1n) is 7.91. The number of esters is 1. The number of carbonyl (C=O) groups is 2. The molecule has 2 aliphatic rings. The molecule has 0 saturated carbocycles. The largest absolute Gasteiger partial charge is 0.458 e. The Kier molecular flexibility index (Phi) is 5.75. The second-order valence-corrected chi connectivity index (χ2v) is 7.60. The minimum atomic E-state index is -0.658. The van der Waals surface area contributed by atoms with Gasteiger partial charge < -0.3 is 4.74 Å². The van der Waals surface area contributed by atoms with Crippen LogP contribution in [0.5, 0.6) is 0 Å². The zero-order valence-electron chi connectivity index (χ0n) is 14.0.